The van der Waals surface area contributed by atoms with E-state index in [0.29, 0.717) is 19.3 Å². The van der Waals surface area contributed by atoms with Gasteiger partial charge in [-0.3, -0.25) is 4.79 Å². The average Bonchev–Trinajstić information content (AvgIpc) is 2.16. The van der Waals surface area contributed by atoms with E-state index in [9.17, 15) is 17.7 Å². The van der Waals surface area contributed by atoms with Gasteiger partial charge >= 0.3 is 58.4 Å². The molecule has 0 N–H and O–H groups in total. The first-order chi connectivity index (χ1) is 7.00. The molecular formula is C10H9BF3KO. The van der Waals surface area contributed by atoms with Crippen LogP contribution in [0.5, 0.6) is 0 Å². The van der Waals surface area contributed by atoms with Crippen LogP contribution in [0.1, 0.15) is 28.8 Å². The average molecular weight is 252 g/mol. The minimum Gasteiger partial charge on any atom is -0.445 e. The van der Waals surface area contributed by atoms with Crippen LogP contribution in [0, 0.1) is 0 Å². The van der Waals surface area contributed by atoms with E-state index in [1.165, 1.54) is 12.1 Å². The number of fused-ring (bicyclic) bond motifs is 1. The summed E-state index contributed by atoms with van der Waals surface area (Å²) in [6, 6.07) is 3.87. The van der Waals surface area contributed by atoms with Crippen LogP contribution in [-0.2, 0) is 6.42 Å². The largest absolute Gasteiger partial charge is 1.00 e. The molecule has 0 fully saturated rings. The number of hydrogen-bond acceptors (Lipinski definition) is 1. The molecule has 1 aromatic carbocycles. The van der Waals surface area contributed by atoms with Crippen molar-refractivity contribution in [3.8, 4) is 0 Å². The molecule has 1 aliphatic rings. The van der Waals surface area contributed by atoms with E-state index >= 15 is 0 Å². The van der Waals surface area contributed by atoms with Crippen LogP contribution in [0.3, 0.4) is 0 Å². The van der Waals surface area contributed by atoms with Crippen LogP contribution in [0.25, 0.3) is 0 Å². The van der Waals surface area contributed by atoms with Crippen molar-refractivity contribution in [2.45, 2.75) is 19.3 Å². The van der Waals surface area contributed by atoms with Gasteiger partial charge in [0.05, 0.1) is 0 Å². The molecule has 6 heteroatoms. The van der Waals surface area contributed by atoms with Gasteiger partial charge in [0, 0.05) is 12.0 Å². The maximum absolute atomic E-state index is 12.7. The van der Waals surface area contributed by atoms with Gasteiger partial charge in [0.2, 0.25) is 0 Å². The second kappa shape index (κ2) is 5.35. The summed E-state index contributed by atoms with van der Waals surface area (Å²) in [6.07, 6.45) is 1.24. The minimum atomic E-state index is -5.00. The van der Waals surface area contributed by atoms with Gasteiger partial charge in [-0.15, -0.1) is 5.46 Å². The Hall–Kier alpha value is 0.381. The van der Waals surface area contributed by atoms with E-state index in [-0.39, 0.29) is 68.3 Å². The molecule has 0 heterocycles. The molecule has 0 unspecified atom stereocenters. The Morgan fingerprint density at radius 3 is 2.44 bits per heavy atom. The van der Waals surface area contributed by atoms with Gasteiger partial charge in [0.1, 0.15) is 0 Å². The van der Waals surface area contributed by atoms with Gasteiger partial charge in [-0.2, -0.15) is 0 Å². The third kappa shape index (κ3) is 2.79. The summed E-state index contributed by atoms with van der Waals surface area (Å²) >= 11 is 0. The fraction of sp³-hybridized carbons (Fsp3) is 0.300. The second-order valence-electron chi connectivity index (χ2n) is 3.72. The van der Waals surface area contributed by atoms with Crippen molar-refractivity contribution in [1.82, 2.24) is 0 Å². The maximum Gasteiger partial charge on any atom is 1.00 e. The smallest absolute Gasteiger partial charge is 0.445 e. The molecule has 1 aliphatic carbocycles. The van der Waals surface area contributed by atoms with E-state index in [4.69, 9.17) is 0 Å². The molecular weight excluding hydrogens is 243 g/mol. The van der Waals surface area contributed by atoms with Crippen LogP contribution in [0.2, 0.25) is 0 Å². The summed E-state index contributed by atoms with van der Waals surface area (Å²) in [7, 11) is 0. The normalized spacial score (nSPS) is 15.3. The molecule has 1 nitrogen and oxygen atoms in total. The van der Waals surface area contributed by atoms with E-state index in [1.807, 2.05) is 0 Å². The molecule has 0 amide bonds. The van der Waals surface area contributed by atoms with Crippen molar-refractivity contribution in [3.05, 3.63) is 29.3 Å². The van der Waals surface area contributed by atoms with Crippen LogP contribution in [-0.4, -0.2) is 12.8 Å². The number of hydrogen-bond donors (Lipinski definition) is 0. The fourth-order valence-electron chi connectivity index (χ4n) is 2.01. The Balaban J connectivity index is 0.00000128. The van der Waals surface area contributed by atoms with Gasteiger partial charge in [-0.25, -0.2) is 0 Å². The molecule has 80 valence electrons. The number of rotatable bonds is 1. The summed E-state index contributed by atoms with van der Waals surface area (Å²) in [6.45, 7) is -5.00. The zero-order chi connectivity index (χ0) is 11.1. The monoisotopic (exact) mass is 252 g/mol. The number of carbonyl (C=O) groups excluding carboxylic acids is 1. The number of benzene rings is 1. The molecule has 1 aromatic rings. The van der Waals surface area contributed by atoms with Gasteiger partial charge in [0.25, 0.3) is 0 Å². The molecule has 0 atom stereocenters. The molecule has 0 radical (unpaired) electrons. The molecule has 0 bridgehead atoms. The number of ketones is 1. The quantitative estimate of drug-likeness (QED) is 0.602. The first kappa shape index (κ1) is 14.4. The molecule has 0 saturated carbocycles. The summed E-state index contributed by atoms with van der Waals surface area (Å²) in [4.78, 5) is 11.4. The standard InChI is InChI=1S/C10H9BF3O.K/c12-11(13,14)9-5-1-4-8-7(9)3-2-6-10(8)15;/h1,4-5H,2-3,6H2;/q-1;+1. The molecule has 2 rings (SSSR count). The number of halogens is 3. The second-order valence-corrected chi connectivity index (χ2v) is 3.72. The molecule has 16 heavy (non-hydrogen) atoms. The molecule has 0 saturated heterocycles. The number of Topliss-reactive ketones (excluding diaryl/α,β-unsaturated/α-hetero) is 1. The SMILES string of the molecule is O=C1CCCc2c1cccc2[B-](F)(F)F.[K+]. The van der Waals surface area contributed by atoms with E-state index in [0.717, 1.165) is 6.07 Å². The third-order valence-corrected chi connectivity index (χ3v) is 2.70. The molecule has 0 aromatic heterocycles. The van der Waals surface area contributed by atoms with Crippen LogP contribution in [0.15, 0.2) is 18.2 Å². The predicted molar refractivity (Wildman–Crippen MR) is 52.4 cm³/mol. The predicted octanol–water partition coefficient (Wildman–Crippen LogP) is -0.736. The number of carbonyl (C=O) groups is 1. The van der Waals surface area contributed by atoms with E-state index in [1.54, 1.807) is 0 Å². The maximum atomic E-state index is 12.7. The van der Waals surface area contributed by atoms with Crippen molar-refractivity contribution in [2.75, 3.05) is 0 Å². The van der Waals surface area contributed by atoms with E-state index in [2.05, 4.69) is 0 Å². The van der Waals surface area contributed by atoms with Gasteiger partial charge < -0.3 is 12.9 Å². The minimum absolute atomic E-state index is 0. The van der Waals surface area contributed by atoms with Gasteiger partial charge in [0.15, 0.2) is 5.78 Å². The first-order valence-corrected chi connectivity index (χ1v) is 4.85. The fourth-order valence-corrected chi connectivity index (χ4v) is 2.01. The van der Waals surface area contributed by atoms with Crippen molar-refractivity contribution >= 4 is 18.2 Å². The Labute approximate surface area is 134 Å². The summed E-state index contributed by atoms with van der Waals surface area (Å²) in [5.74, 6) is -0.168. The zero-order valence-electron chi connectivity index (χ0n) is 8.97. The third-order valence-electron chi connectivity index (χ3n) is 2.70. The summed E-state index contributed by atoms with van der Waals surface area (Å²) in [5, 5.41) is 0. The van der Waals surface area contributed by atoms with Crippen LogP contribution in [0.4, 0.5) is 12.9 Å². The van der Waals surface area contributed by atoms with Crippen molar-refractivity contribution < 1.29 is 69.1 Å². The zero-order valence-corrected chi connectivity index (χ0v) is 12.1. The van der Waals surface area contributed by atoms with Crippen molar-refractivity contribution in [1.29, 1.82) is 0 Å². The topological polar surface area (TPSA) is 17.1 Å². The Kier molecular flexibility index (Phi) is 4.83. The van der Waals surface area contributed by atoms with Crippen molar-refractivity contribution in [2.24, 2.45) is 0 Å². The Bertz CT molecular complexity index is 417. The molecule has 0 aliphatic heterocycles. The van der Waals surface area contributed by atoms with Crippen molar-refractivity contribution in [3.63, 3.8) is 0 Å². The summed E-state index contributed by atoms with van der Waals surface area (Å²) in [5.41, 5.74) is -0.139. The van der Waals surface area contributed by atoms with E-state index < -0.39 is 12.4 Å². The van der Waals surface area contributed by atoms with Crippen LogP contribution < -0.4 is 56.8 Å². The van der Waals surface area contributed by atoms with Gasteiger partial charge in [-0.05, 0) is 12.8 Å². The van der Waals surface area contributed by atoms with Gasteiger partial charge in [-0.1, -0.05) is 23.8 Å². The Morgan fingerprint density at radius 1 is 1.12 bits per heavy atom. The summed E-state index contributed by atoms with van der Waals surface area (Å²) < 4.78 is 38.0. The first-order valence-electron chi connectivity index (χ1n) is 4.85. The Morgan fingerprint density at radius 2 is 1.81 bits per heavy atom. The van der Waals surface area contributed by atoms with Crippen LogP contribution >= 0.6 is 0 Å². The molecule has 0 spiro atoms.